The van der Waals surface area contributed by atoms with Crippen molar-refractivity contribution in [2.75, 3.05) is 19.9 Å². The summed E-state index contributed by atoms with van der Waals surface area (Å²) in [6, 6.07) is 3.87. The van der Waals surface area contributed by atoms with Gasteiger partial charge in [0.15, 0.2) is 5.78 Å². The van der Waals surface area contributed by atoms with Gasteiger partial charge in [-0.3, -0.25) is 4.79 Å². The van der Waals surface area contributed by atoms with E-state index in [0.29, 0.717) is 24.3 Å². The Morgan fingerprint density at radius 1 is 1.47 bits per heavy atom. The van der Waals surface area contributed by atoms with Crippen molar-refractivity contribution < 1.29 is 9.53 Å². The standard InChI is InChI=1S/C13H19NO2S/c1-4-9-7-12(16-2)10(8-13(9)17-3)11(15)5-6-14/h7-8H,4-6,14H2,1-3H3. The summed E-state index contributed by atoms with van der Waals surface area (Å²) in [5.41, 5.74) is 7.26. The molecule has 4 heteroatoms. The Kier molecular flexibility index (Phi) is 5.51. The maximum absolute atomic E-state index is 11.9. The summed E-state index contributed by atoms with van der Waals surface area (Å²) in [6.45, 7) is 2.46. The summed E-state index contributed by atoms with van der Waals surface area (Å²) in [5.74, 6) is 0.695. The summed E-state index contributed by atoms with van der Waals surface area (Å²) >= 11 is 1.65. The minimum atomic E-state index is 0.0438. The molecular weight excluding hydrogens is 234 g/mol. The number of nitrogens with two attached hydrogens (primary N) is 1. The van der Waals surface area contributed by atoms with Gasteiger partial charge in [-0.25, -0.2) is 0 Å². The molecule has 0 aliphatic heterocycles. The van der Waals surface area contributed by atoms with Gasteiger partial charge in [0.2, 0.25) is 0 Å². The zero-order chi connectivity index (χ0) is 12.8. The highest BCUT2D eigenvalue weighted by atomic mass is 32.2. The van der Waals surface area contributed by atoms with Crippen molar-refractivity contribution in [2.45, 2.75) is 24.7 Å². The van der Waals surface area contributed by atoms with Gasteiger partial charge in [-0.2, -0.15) is 0 Å². The molecule has 0 amide bonds. The van der Waals surface area contributed by atoms with Crippen LogP contribution in [0.3, 0.4) is 0 Å². The predicted octanol–water partition coefficient (Wildman–Crippen LogP) is 2.51. The first-order chi connectivity index (χ1) is 8.17. The van der Waals surface area contributed by atoms with Crippen LogP contribution in [0.15, 0.2) is 17.0 Å². The van der Waals surface area contributed by atoms with Crippen molar-refractivity contribution >= 4 is 17.5 Å². The highest BCUT2D eigenvalue weighted by molar-refractivity contribution is 7.98. The molecule has 1 aromatic carbocycles. The number of hydrogen-bond donors (Lipinski definition) is 1. The van der Waals surface area contributed by atoms with Crippen LogP contribution in [0.5, 0.6) is 5.75 Å². The van der Waals surface area contributed by atoms with Gasteiger partial charge in [-0.1, -0.05) is 6.92 Å². The second-order valence-electron chi connectivity index (χ2n) is 3.68. The maximum atomic E-state index is 11.9. The van der Waals surface area contributed by atoms with Crippen LogP contribution in [-0.4, -0.2) is 25.7 Å². The molecule has 1 rings (SSSR count). The number of rotatable bonds is 6. The fourth-order valence-electron chi connectivity index (χ4n) is 1.72. The lowest BCUT2D eigenvalue weighted by molar-refractivity contribution is 0.0982. The molecule has 0 heterocycles. The number of methoxy groups -OCH3 is 1. The summed E-state index contributed by atoms with van der Waals surface area (Å²) in [7, 11) is 1.59. The summed E-state index contributed by atoms with van der Waals surface area (Å²) in [5, 5.41) is 0. The molecule has 94 valence electrons. The molecule has 3 nitrogen and oxygen atoms in total. The fourth-order valence-corrected chi connectivity index (χ4v) is 2.42. The van der Waals surface area contributed by atoms with Crippen LogP contribution in [0.4, 0.5) is 0 Å². The molecule has 0 unspecified atom stereocenters. The molecule has 0 spiro atoms. The second kappa shape index (κ2) is 6.67. The number of carbonyl (C=O) groups is 1. The number of benzene rings is 1. The Bertz CT molecular complexity index is 405. The van der Waals surface area contributed by atoms with Crippen LogP contribution in [-0.2, 0) is 6.42 Å². The summed E-state index contributed by atoms with van der Waals surface area (Å²) in [4.78, 5) is 13.1. The van der Waals surface area contributed by atoms with Gasteiger partial charge in [0.05, 0.1) is 12.7 Å². The quantitative estimate of drug-likeness (QED) is 0.625. The van der Waals surface area contributed by atoms with Crippen LogP contribution >= 0.6 is 11.8 Å². The van der Waals surface area contributed by atoms with Crippen molar-refractivity contribution in [1.29, 1.82) is 0 Å². The van der Waals surface area contributed by atoms with Crippen molar-refractivity contribution in [3.05, 3.63) is 23.3 Å². The molecule has 0 aliphatic carbocycles. The molecule has 0 saturated carbocycles. The molecule has 0 radical (unpaired) electrons. The predicted molar refractivity (Wildman–Crippen MR) is 72.2 cm³/mol. The Morgan fingerprint density at radius 3 is 2.65 bits per heavy atom. The average Bonchev–Trinajstić information content (AvgIpc) is 2.37. The van der Waals surface area contributed by atoms with Crippen molar-refractivity contribution in [3.63, 3.8) is 0 Å². The Morgan fingerprint density at radius 2 is 2.18 bits per heavy atom. The van der Waals surface area contributed by atoms with E-state index in [1.54, 1.807) is 18.9 Å². The molecule has 0 bridgehead atoms. The van der Waals surface area contributed by atoms with Crippen LogP contribution in [0.25, 0.3) is 0 Å². The van der Waals surface area contributed by atoms with E-state index < -0.39 is 0 Å². The molecule has 2 N–H and O–H groups in total. The van der Waals surface area contributed by atoms with Gasteiger partial charge < -0.3 is 10.5 Å². The van der Waals surface area contributed by atoms with Gasteiger partial charge in [0.1, 0.15) is 5.75 Å². The van der Waals surface area contributed by atoms with E-state index in [1.165, 1.54) is 5.56 Å². The zero-order valence-electron chi connectivity index (χ0n) is 10.6. The molecule has 0 atom stereocenters. The van der Waals surface area contributed by atoms with Crippen molar-refractivity contribution in [3.8, 4) is 5.75 Å². The Hall–Kier alpha value is -1.00. The van der Waals surface area contributed by atoms with Gasteiger partial charge >= 0.3 is 0 Å². The third kappa shape index (κ3) is 3.23. The van der Waals surface area contributed by atoms with Crippen LogP contribution in [0, 0.1) is 0 Å². The zero-order valence-corrected chi connectivity index (χ0v) is 11.4. The minimum absolute atomic E-state index is 0.0438. The van der Waals surface area contributed by atoms with Crippen LogP contribution < -0.4 is 10.5 Å². The van der Waals surface area contributed by atoms with E-state index in [1.807, 2.05) is 18.4 Å². The first kappa shape index (κ1) is 14.1. The largest absolute Gasteiger partial charge is 0.496 e. The number of thioether (sulfide) groups is 1. The molecular formula is C13H19NO2S. The number of carbonyl (C=O) groups excluding carboxylic acids is 1. The number of hydrogen-bond acceptors (Lipinski definition) is 4. The molecule has 17 heavy (non-hydrogen) atoms. The first-order valence-electron chi connectivity index (χ1n) is 5.66. The lowest BCUT2D eigenvalue weighted by atomic mass is 10.0. The highest BCUT2D eigenvalue weighted by Crippen LogP contribution is 2.30. The lowest BCUT2D eigenvalue weighted by Gasteiger charge is -2.12. The molecule has 1 aromatic rings. The first-order valence-corrected chi connectivity index (χ1v) is 6.88. The SMILES string of the molecule is CCc1cc(OC)c(C(=O)CCN)cc1SC. The number of ether oxygens (including phenoxy) is 1. The van der Waals surface area contributed by atoms with E-state index in [4.69, 9.17) is 10.5 Å². The summed E-state index contributed by atoms with van der Waals surface area (Å²) < 4.78 is 5.28. The average molecular weight is 253 g/mol. The van der Waals surface area contributed by atoms with E-state index >= 15 is 0 Å². The van der Waals surface area contributed by atoms with Gasteiger partial charge in [0, 0.05) is 11.3 Å². The third-order valence-corrected chi connectivity index (χ3v) is 3.48. The number of ketones is 1. The smallest absolute Gasteiger partial charge is 0.167 e. The third-order valence-electron chi connectivity index (χ3n) is 2.66. The summed E-state index contributed by atoms with van der Waals surface area (Å²) in [6.07, 6.45) is 3.30. The van der Waals surface area contributed by atoms with E-state index in [9.17, 15) is 4.79 Å². The Balaban J connectivity index is 3.23. The van der Waals surface area contributed by atoms with E-state index in [2.05, 4.69) is 6.92 Å². The molecule has 0 saturated heterocycles. The monoisotopic (exact) mass is 253 g/mol. The van der Waals surface area contributed by atoms with Gasteiger partial charge in [-0.05, 0) is 36.9 Å². The van der Waals surface area contributed by atoms with Gasteiger partial charge in [-0.15, -0.1) is 11.8 Å². The number of Topliss-reactive ketones (excluding diaryl/α,β-unsaturated/α-hetero) is 1. The van der Waals surface area contributed by atoms with Crippen molar-refractivity contribution in [1.82, 2.24) is 0 Å². The molecule has 0 aromatic heterocycles. The van der Waals surface area contributed by atoms with Crippen molar-refractivity contribution in [2.24, 2.45) is 5.73 Å². The van der Waals surface area contributed by atoms with Gasteiger partial charge in [0.25, 0.3) is 0 Å². The fraction of sp³-hybridized carbons (Fsp3) is 0.462. The maximum Gasteiger partial charge on any atom is 0.167 e. The lowest BCUT2D eigenvalue weighted by Crippen LogP contribution is -2.10. The topological polar surface area (TPSA) is 52.3 Å². The molecule has 0 aliphatic rings. The van der Waals surface area contributed by atoms with Crippen LogP contribution in [0.1, 0.15) is 29.3 Å². The van der Waals surface area contributed by atoms with E-state index in [-0.39, 0.29) is 5.78 Å². The highest BCUT2D eigenvalue weighted by Gasteiger charge is 2.14. The molecule has 0 fully saturated rings. The Labute approximate surface area is 107 Å². The normalized spacial score (nSPS) is 10.4. The second-order valence-corrected chi connectivity index (χ2v) is 4.53. The minimum Gasteiger partial charge on any atom is -0.496 e. The number of aryl methyl sites for hydroxylation is 1. The van der Waals surface area contributed by atoms with E-state index in [0.717, 1.165) is 11.3 Å². The van der Waals surface area contributed by atoms with Crippen LogP contribution in [0.2, 0.25) is 0 Å².